The number of ether oxygens (including phenoxy) is 1. The van der Waals surface area contributed by atoms with Crippen molar-refractivity contribution in [1.82, 2.24) is 24.4 Å². The van der Waals surface area contributed by atoms with Gasteiger partial charge in [-0.2, -0.15) is 0 Å². The van der Waals surface area contributed by atoms with E-state index in [4.69, 9.17) is 14.7 Å². The fourth-order valence-electron chi connectivity index (χ4n) is 4.62. The lowest BCUT2D eigenvalue weighted by molar-refractivity contribution is -0.133. The summed E-state index contributed by atoms with van der Waals surface area (Å²) in [6.45, 7) is 13.0. The van der Waals surface area contributed by atoms with E-state index in [2.05, 4.69) is 35.2 Å². The van der Waals surface area contributed by atoms with Crippen LogP contribution in [0.1, 0.15) is 61.1 Å². The van der Waals surface area contributed by atoms with E-state index in [0.717, 1.165) is 81.0 Å². The molecule has 168 valence electrons. The molecule has 2 saturated heterocycles. The van der Waals surface area contributed by atoms with Crippen molar-refractivity contribution in [3.8, 4) is 0 Å². The van der Waals surface area contributed by atoms with Crippen molar-refractivity contribution in [2.75, 3.05) is 44.3 Å². The van der Waals surface area contributed by atoms with Crippen LogP contribution in [0.5, 0.6) is 0 Å². The maximum atomic E-state index is 12.9. The third kappa shape index (κ3) is 4.74. The van der Waals surface area contributed by atoms with Crippen molar-refractivity contribution >= 4 is 11.7 Å². The Morgan fingerprint density at radius 3 is 2.48 bits per heavy atom. The number of aromatic nitrogens is 4. The molecule has 2 aromatic heterocycles. The van der Waals surface area contributed by atoms with E-state index in [9.17, 15) is 4.79 Å². The van der Waals surface area contributed by atoms with Crippen molar-refractivity contribution in [1.29, 1.82) is 0 Å². The summed E-state index contributed by atoms with van der Waals surface area (Å²) in [4.78, 5) is 31.3. The van der Waals surface area contributed by atoms with Crippen LogP contribution in [0.3, 0.4) is 0 Å². The van der Waals surface area contributed by atoms with E-state index in [1.54, 1.807) is 6.20 Å². The minimum absolute atomic E-state index is 0.117. The SMILES string of the molecule is Cc1nc(C2CCN(C(=O)CC(C)n3ccnc3C)CC2)nc(N2CCOCC2)c1C. The fraction of sp³-hybridized carbons (Fsp3) is 0.652. The highest BCUT2D eigenvalue weighted by Crippen LogP contribution is 2.30. The molecule has 2 aliphatic heterocycles. The van der Waals surface area contributed by atoms with E-state index in [1.165, 1.54) is 0 Å². The normalized spacial score (nSPS) is 19.0. The summed E-state index contributed by atoms with van der Waals surface area (Å²) in [7, 11) is 0. The highest BCUT2D eigenvalue weighted by Gasteiger charge is 2.28. The number of imidazole rings is 1. The molecule has 8 heteroatoms. The van der Waals surface area contributed by atoms with Crippen LogP contribution in [-0.2, 0) is 9.53 Å². The topological polar surface area (TPSA) is 76.4 Å². The van der Waals surface area contributed by atoms with Gasteiger partial charge in [0.2, 0.25) is 5.91 Å². The molecule has 0 bridgehead atoms. The molecule has 2 aliphatic rings. The molecule has 4 heterocycles. The first-order chi connectivity index (χ1) is 14.9. The number of hydrogen-bond donors (Lipinski definition) is 0. The van der Waals surface area contributed by atoms with Crippen molar-refractivity contribution in [3.63, 3.8) is 0 Å². The number of morpholine rings is 1. The Morgan fingerprint density at radius 2 is 1.84 bits per heavy atom. The number of anilines is 1. The predicted octanol–water partition coefficient (Wildman–Crippen LogP) is 2.79. The number of piperidine rings is 1. The van der Waals surface area contributed by atoms with E-state index in [1.807, 2.05) is 18.0 Å². The predicted molar refractivity (Wildman–Crippen MR) is 119 cm³/mol. The number of likely N-dealkylation sites (tertiary alicyclic amines) is 1. The highest BCUT2D eigenvalue weighted by atomic mass is 16.5. The van der Waals surface area contributed by atoms with Crippen LogP contribution in [0.15, 0.2) is 12.4 Å². The maximum absolute atomic E-state index is 12.9. The van der Waals surface area contributed by atoms with Gasteiger partial charge in [0, 0.05) is 68.2 Å². The summed E-state index contributed by atoms with van der Waals surface area (Å²) < 4.78 is 7.57. The average molecular weight is 427 g/mol. The van der Waals surface area contributed by atoms with Gasteiger partial charge in [-0.1, -0.05) is 0 Å². The van der Waals surface area contributed by atoms with Crippen LogP contribution in [0, 0.1) is 20.8 Å². The molecule has 8 nitrogen and oxygen atoms in total. The lowest BCUT2D eigenvalue weighted by Crippen LogP contribution is -2.39. The molecule has 0 radical (unpaired) electrons. The lowest BCUT2D eigenvalue weighted by atomic mass is 9.95. The molecule has 1 unspecified atom stereocenters. The summed E-state index contributed by atoms with van der Waals surface area (Å²) in [5, 5.41) is 0. The standard InChI is InChI=1S/C23H34N6O2/c1-16(29-10-7-24-19(29)4)15-21(30)27-8-5-20(6-9-27)22-25-18(3)17(2)23(26-22)28-11-13-31-14-12-28/h7,10,16,20H,5-6,8-9,11-15H2,1-4H3. The number of nitrogens with zero attached hydrogens (tertiary/aromatic N) is 6. The third-order valence-electron chi connectivity index (χ3n) is 6.71. The van der Waals surface area contributed by atoms with E-state index >= 15 is 0 Å². The number of rotatable bonds is 5. The summed E-state index contributed by atoms with van der Waals surface area (Å²) >= 11 is 0. The van der Waals surface area contributed by atoms with Gasteiger partial charge >= 0.3 is 0 Å². The molecule has 0 aromatic carbocycles. The first kappa shape index (κ1) is 21.7. The minimum atomic E-state index is 0.117. The van der Waals surface area contributed by atoms with Crippen molar-refractivity contribution in [2.24, 2.45) is 0 Å². The van der Waals surface area contributed by atoms with Gasteiger partial charge in [-0.05, 0) is 40.5 Å². The minimum Gasteiger partial charge on any atom is -0.378 e. The van der Waals surface area contributed by atoms with E-state index < -0.39 is 0 Å². The van der Waals surface area contributed by atoms with Crippen molar-refractivity contribution < 1.29 is 9.53 Å². The van der Waals surface area contributed by atoms with Gasteiger partial charge in [-0.15, -0.1) is 0 Å². The van der Waals surface area contributed by atoms with Crippen LogP contribution in [-0.4, -0.2) is 69.7 Å². The molecular formula is C23H34N6O2. The molecule has 0 aliphatic carbocycles. The molecule has 0 saturated carbocycles. The van der Waals surface area contributed by atoms with Crippen LogP contribution >= 0.6 is 0 Å². The van der Waals surface area contributed by atoms with Gasteiger partial charge in [0.1, 0.15) is 17.5 Å². The van der Waals surface area contributed by atoms with Gasteiger partial charge in [-0.25, -0.2) is 15.0 Å². The maximum Gasteiger partial charge on any atom is 0.224 e. The molecule has 31 heavy (non-hydrogen) atoms. The smallest absolute Gasteiger partial charge is 0.224 e. The van der Waals surface area contributed by atoms with Gasteiger partial charge in [0.05, 0.1) is 13.2 Å². The Kier molecular flexibility index (Phi) is 6.55. The van der Waals surface area contributed by atoms with Crippen molar-refractivity contribution in [3.05, 3.63) is 35.3 Å². The van der Waals surface area contributed by atoms with Gasteiger partial charge < -0.3 is 19.1 Å². The number of carbonyl (C=O) groups excluding carboxylic acids is 1. The molecule has 1 amide bonds. The summed E-state index contributed by atoms with van der Waals surface area (Å²) in [5.74, 6) is 3.44. The molecule has 1 atom stereocenters. The third-order valence-corrected chi connectivity index (χ3v) is 6.71. The quantitative estimate of drug-likeness (QED) is 0.732. The first-order valence-corrected chi connectivity index (χ1v) is 11.4. The zero-order valence-corrected chi connectivity index (χ0v) is 19.2. The van der Waals surface area contributed by atoms with Crippen LogP contribution in [0.2, 0.25) is 0 Å². The molecular weight excluding hydrogens is 392 g/mol. The Hall–Kier alpha value is -2.48. The number of carbonyl (C=O) groups is 1. The molecule has 2 fully saturated rings. The molecule has 0 N–H and O–H groups in total. The number of aryl methyl sites for hydroxylation is 2. The number of hydrogen-bond acceptors (Lipinski definition) is 6. The Morgan fingerprint density at radius 1 is 1.13 bits per heavy atom. The second-order valence-corrected chi connectivity index (χ2v) is 8.81. The Balaban J connectivity index is 1.39. The fourth-order valence-corrected chi connectivity index (χ4v) is 4.62. The summed E-state index contributed by atoms with van der Waals surface area (Å²) in [5.41, 5.74) is 2.21. The first-order valence-electron chi connectivity index (χ1n) is 11.4. The summed E-state index contributed by atoms with van der Waals surface area (Å²) in [6.07, 6.45) is 6.06. The van der Waals surface area contributed by atoms with E-state index in [0.29, 0.717) is 12.3 Å². The Bertz CT molecular complexity index is 913. The largest absolute Gasteiger partial charge is 0.378 e. The van der Waals surface area contributed by atoms with Crippen LogP contribution in [0.25, 0.3) is 0 Å². The van der Waals surface area contributed by atoms with Gasteiger partial charge in [0.25, 0.3) is 0 Å². The Labute approximate surface area is 184 Å². The van der Waals surface area contributed by atoms with Crippen LogP contribution in [0.4, 0.5) is 5.82 Å². The zero-order chi connectivity index (χ0) is 22.0. The van der Waals surface area contributed by atoms with Crippen molar-refractivity contribution in [2.45, 2.75) is 58.9 Å². The molecule has 4 rings (SSSR count). The summed E-state index contributed by atoms with van der Waals surface area (Å²) in [6, 6.07) is 0.117. The molecule has 0 spiro atoms. The van der Waals surface area contributed by atoms with Gasteiger partial charge in [-0.3, -0.25) is 4.79 Å². The molecule has 2 aromatic rings. The van der Waals surface area contributed by atoms with Gasteiger partial charge in [0.15, 0.2) is 0 Å². The lowest BCUT2D eigenvalue weighted by Gasteiger charge is -2.33. The second-order valence-electron chi connectivity index (χ2n) is 8.81. The second kappa shape index (κ2) is 9.34. The highest BCUT2D eigenvalue weighted by molar-refractivity contribution is 5.76. The number of amides is 1. The van der Waals surface area contributed by atoms with Crippen LogP contribution < -0.4 is 4.90 Å². The zero-order valence-electron chi connectivity index (χ0n) is 19.2. The van der Waals surface area contributed by atoms with E-state index in [-0.39, 0.29) is 11.9 Å². The monoisotopic (exact) mass is 426 g/mol. The average Bonchev–Trinajstić information content (AvgIpc) is 3.22.